The van der Waals surface area contributed by atoms with E-state index in [1.807, 2.05) is 27.7 Å². The van der Waals surface area contributed by atoms with Crippen molar-refractivity contribution in [1.29, 1.82) is 0 Å². The first-order valence-electron chi connectivity index (χ1n) is 9.69. The second-order valence-electron chi connectivity index (χ2n) is 7.37. The van der Waals surface area contributed by atoms with Crippen LogP contribution in [0.3, 0.4) is 0 Å². The summed E-state index contributed by atoms with van der Waals surface area (Å²) < 4.78 is 0. The normalized spacial score (nSPS) is 13.3. The molecule has 1 unspecified atom stereocenters. The van der Waals surface area contributed by atoms with E-state index in [-0.39, 0.29) is 11.9 Å². The Morgan fingerprint density at radius 1 is 1.04 bits per heavy atom. The van der Waals surface area contributed by atoms with Gasteiger partial charge in [0.15, 0.2) is 5.96 Å². The summed E-state index contributed by atoms with van der Waals surface area (Å²) in [7, 11) is 0. The maximum absolute atomic E-state index is 12.2. The molecule has 5 heteroatoms. The van der Waals surface area contributed by atoms with Gasteiger partial charge in [-0.1, -0.05) is 42.5 Å². The van der Waals surface area contributed by atoms with Crippen LogP contribution in [0, 0.1) is 5.41 Å². The van der Waals surface area contributed by atoms with Crippen LogP contribution in [0.2, 0.25) is 0 Å². The van der Waals surface area contributed by atoms with Crippen molar-refractivity contribution in [2.75, 3.05) is 19.6 Å². The Morgan fingerprint density at radius 3 is 2.41 bits per heavy atom. The number of nitrogens with one attached hydrogen (secondary N) is 3. The lowest BCUT2D eigenvalue weighted by Crippen LogP contribution is -2.42. The fraction of sp³-hybridized carbons (Fsp3) is 0.455. The third-order valence-corrected chi connectivity index (χ3v) is 4.57. The number of carbonyl (C=O) groups is 1. The minimum absolute atomic E-state index is 0.0201. The van der Waals surface area contributed by atoms with E-state index in [1.165, 1.54) is 16.3 Å². The SMILES string of the molecule is CCNC(=O)C(C)(C)CN=C(NCC)NC(C)c1cccc2ccccc12. The van der Waals surface area contributed by atoms with Crippen LogP contribution in [0.4, 0.5) is 0 Å². The van der Waals surface area contributed by atoms with E-state index < -0.39 is 5.41 Å². The van der Waals surface area contributed by atoms with E-state index in [9.17, 15) is 4.79 Å². The number of nitrogens with zero attached hydrogens (tertiary/aromatic N) is 1. The minimum Gasteiger partial charge on any atom is -0.357 e. The molecule has 0 heterocycles. The summed E-state index contributed by atoms with van der Waals surface area (Å²) in [6.07, 6.45) is 0. The first-order chi connectivity index (χ1) is 12.9. The molecule has 0 aromatic heterocycles. The summed E-state index contributed by atoms with van der Waals surface area (Å²) in [5.74, 6) is 0.738. The minimum atomic E-state index is -0.555. The van der Waals surface area contributed by atoms with E-state index in [2.05, 4.69) is 70.3 Å². The Balaban J connectivity index is 2.18. The number of hydrogen-bond acceptors (Lipinski definition) is 2. The van der Waals surface area contributed by atoms with Crippen LogP contribution in [0.5, 0.6) is 0 Å². The highest BCUT2D eigenvalue weighted by Gasteiger charge is 2.27. The Morgan fingerprint density at radius 2 is 1.70 bits per heavy atom. The van der Waals surface area contributed by atoms with Gasteiger partial charge in [0.1, 0.15) is 0 Å². The highest BCUT2D eigenvalue weighted by atomic mass is 16.2. The molecule has 0 saturated heterocycles. The second kappa shape index (κ2) is 9.40. The topological polar surface area (TPSA) is 65.5 Å². The molecule has 0 aliphatic carbocycles. The number of rotatable bonds is 7. The monoisotopic (exact) mass is 368 g/mol. The van der Waals surface area contributed by atoms with Gasteiger partial charge in [0.2, 0.25) is 5.91 Å². The first-order valence-corrected chi connectivity index (χ1v) is 9.69. The van der Waals surface area contributed by atoms with Gasteiger partial charge in [-0.3, -0.25) is 9.79 Å². The van der Waals surface area contributed by atoms with Crippen LogP contribution >= 0.6 is 0 Å². The number of carbonyl (C=O) groups excluding carboxylic acids is 1. The quantitative estimate of drug-likeness (QED) is 0.517. The summed E-state index contributed by atoms with van der Waals surface area (Å²) in [6.45, 7) is 11.7. The second-order valence-corrected chi connectivity index (χ2v) is 7.37. The molecule has 1 amide bonds. The molecule has 1 atom stereocenters. The average Bonchev–Trinajstić information content (AvgIpc) is 2.66. The molecule has 2 aromatic carbocycles. The maximum Gasteiger partial charge on any atom is 0.227 e. The highest BCUT2D eigenvalue weighted by Crippen LogP contribution is 2.24. The van der Waals surface area contributed by atoms with Crippen molar-refractivity contribution in [3.8, 4) is 0 Å². The van der Waals surface area contributed by atoms with E-state index in [0.717, 1.165) is 12.5 Å². The largest absolute Gasteiger partial charge is 0.357 e. The molecule has 0 bridgehead atoms. The number of fused-ring (bicyclic) bond motifs is 1. The van der Waals surface area contributed by atoms with Gasteiger partial charge in [-0.25, -0.2) is 0 Å². The predicted molar refractivity (Wildman–Crippen MR) is 114 cm³/mol. The van der Waals surface area contributed by atoms with Crippen molar-refractivity contribution in [1.82, 2.24) is 16.0 Å². The van der Waals surface area contributed by atoms with Crippen molar-refractivity contribution < 1.29 is 4.79 Å². The molecule has 0 aliphatic rings. The summed E-state index contributed by atoms with van der Waals surface area (Å²) in [5.41, 5.74) is 0.669. The lowest BCUT2D eigenvalue weighted by atomic mass is 9.92. The standard InChI is InChI=1S/C22H32N4O/c1-6-23-20(27)22(4,5)15-25-21(24-7-2)26-16(3)18-14-10-12-17-11-8-9-13-19(17)18/h8-14,16H,6-7,15H2,1-5H3,(H,23,27)(H2,24,25,26). The summed E-state index contributed by atoms with van der Waals surface area (Å²) in [5, 5.41) is 12.1. The van der Waals surface area contributed by atoms with Crippen molar-refractivity contribution in [2.24, 2.45) is 10.4 Å². The molecule has 0 fully saturated rings. The van der Waals surface area contributed by atoms with Gasteiger partial charge in [-0.2, -0.15) is 0 Å². The molecule has 27 heavy (non-hydrogen) atoms. The maximum atomic E-state index is 12.2. The molecule has 0 saturated carbocycles. The number of hydrogen-bond donors (Lipinski definition) is 3. The smallest absolute Gasteiger partial charge is 0.227 e. The molecule has 5 nitrogen and oxygen atoms in total. The highest BCUT2D eigenvalue weighted by molar-refractivity contribution is 5.87. The van der Waals surface area contributed by atoms with Gasteiger partial charge in [-0.05, 0) is 51.0 Å². The molecule has 2 rings (SSSR count). The van der Waals surface area contributed by atoms with Crippen molar-refractivity contribution in [3.05, 3.63) is 48.0 Å². The third kappa shape index (κ3) is 5.46. The number of aliphatic imine (C=N–C) groups is 1. The van der Waals surface area contributed by atoms with Gasteiger partial charge in [0, 0.05) is 13.1 Å². The molecule has 0 radical (unpaired) electrons. The number of guanidine groups is 1. The number of benzene rings is 2. The zero-order chi connectivity index (χ0) is 19.9. The fourth-order valence-electron chi connectivity index (χ4n) is 2.98. The van der Waals surface area contributed by atoms with E-state index in [1.54, 1.807) is 0 Å². The van der Waals surface area contributed by atoms with E-state index in [4.69, 9.17) is 0 Å². The van der Waals surface area contributed by atoms with Crippen molar-refractivity contribution in [2.45, 2.75) is 40.7 Å². The van der Waals surface area contributed by atoms with Gasteiger partial charge in [-0.15, -0.1) is 0 Å². The van der Waals surface area contributed by atoms with Crippen molar-refractivity contribution in [3.63, 3.8) is 0 Å². The first kappa shape index (κ1) is 20.7. The Bertz CT molecular complexity index is 793. The fourth-order valence-corrected chi connectivity index (χ4v) is 2.98. The van der Waals surface area contributed by atoms with Gasteiger partial charge < -0.3 is 16.0 Å². The van der Waals surface area contributed by atoms with E-state index >= 15 is 0 Å². The number of amides is 1. The molecule has 0 aliphatic heterocycles. The van der Waals surface area contributed by atoms with Crippen LogP contribution < -0.4 is 16.0 Å². The van der Waals surface area contributed by atoms with Crippen LogP contribution in [-0.4, -0.2) is 31.5 Å². The Kier molecular flexibility index (Phi) is 7.22. The average molecular weight is 369 g/mol. The van der Waals surface area contributed by atoms with Crippen molar-refractivity contribution >= 4 is 22.6 Å². The molecule has 3 N–H and O–H groups in total. The zero-order valence-electron chi connectivity index (χ0n) is 17.1. The molecule has 2 aromatic rings. The van der Waals surface area contributed by atoms with Gasteiger partial charge in [0.25, 0.3) is 0 Å². The summed E-state index contributed by atoms with van der Waals surface area (Å²) in [4.78, 5) is 16.9. The molecule has 146 valence electrons. The van der Waals surface area contributed by atoms with Gasteiger partial charge >= 0.3 is 0 Å². The zero-order valence-corrected chi connectivity index (χ0v) is 17.1. The van der Waals surface area contributed by atoms with Crippen LogP contribution in [0.25, 0.3) is 10.8 Å². The summed E-state index contributed by atoms with van der Waals surface area (Å²) in [6, 6.07) is 14.8. The lowest BCUT2D eigenvalue weighted by molar-refractivity contribution is -0.128. The molecule has 0 spiro atoms. The third-order valence-electron chi connectivity index (χ3n) is 4.57. The summed E-state index contributed by atoms with van der Waals surface area (Å²) >= 11 is 0. The van der Waals surface area contributed by atoms with Crippen LogP contribution in [0.1, 0.15) is 46.2 Å². The van der Waals surface area contributed by atoms with Gasteiger partial charge in [0.05, 0.1) is 18.0 Å². The van der Waals surface area contributed by atoms with E-state index in [0.29, 0.717) is 13.1 Å². The Hall–Kier alpha value is -2.56. The lowest BCUT2D eigenvalue weighted by Gasteiger charge is -2.23. The Labute approximate surface area is 162 Å². The predicted octanol–water partition coefficient (Wildman–Crippen LogP) is 3.62. The molecular formula is C22H32N4O. The molecular weight excluding hydrogens is 336 g/mol. The van der Waals surface area contributed by atoms with Crippen LogP contribution in [-0.2, 0) is 4.79 Å². The van der Waals surface area contributed by atoms with Crippen LogP contribution in [0.15, 0.2) is 47.5 Å².